The first-order valence-corrected chi connectivity index (χ1v) is 5.55. The van der Waals surface area contributed by atoms with Gasteiger partial charge in [-0.25, -0.2) is 4.79 Å². The van der Waals surface area contributed by atoms with Gasteiger partial charge in [0.2, 0.25) is 0 Å². The maximum absolute atomic E-state index is 11.9. The third-order valence-corrected chi connectivity index (χ3v) is 2.87. The molecule has 0 bridgehead atoms. The van der Waals surface area contributed by atoms with E-state index in [-0.39, 0.29) is 18.7 Å². The van der Waals surface area contributed by atoms with Crippen LogP contribution in [0.5, 0.6) is 0 Å². The third kappa shape index (κ3) is 2.33. The van der Waals surface area contributed by atoms with Crippen molar-refractivity contribution in [3.8, 4) is 0 Å². The molecule has 4 nitrogen and oxygen atoms in total. The number of nitrogens with zero attached hydrogens (tertiary/aromatic N) is 1. The van der Waals surface area contributed by atoms with E-state index >= 15 is 0 Å². The molecule has 2 rings (SSSR count). The largest absolute Gasteiger partial charge is 0.394 e. The second kappa shape index (κ2) is 4.99. The molecule has 1 aliphatic rings. The Morgan fingerprint density at radius 1 is 1.44 bits per heavy atom. The molecule has 2 amide bonds. The fraction of sp³-hybridized carbons (Fsp3) is 0.417. The van der Waals surface area contributed by atoms with E-state index in [4.69, 9.17) is 5.11 Å². The highest BCUT2D eigenvalue weighted by molar-refractivity contribution is 5.89. The molecule has 16 heavy (non-hydrogen) atoms. The summed E-state index contributed by atoms with van der Waals surface area (Å²) in [6.45, 7) is 0.770. The molecule has 1 fully saturated rings. The molecule has 1 aromatic carbocycles. The minimum atomic E-state index is -0.122. The van der Waals surface area contributed by atoms with Gasteiger partial charge >= 0.3 is 6.03 Å². The average Bonchev–Trinajstić information content (AvgIpc) is 2.78. The predicted octanol–water partition coefficient (Wildman–Crippen LogP) is 1.68. The Balaban J connectivity index is 1.98. The van der Waals surface area contributed by atoms with Crippen molar-refractivity contribution in [2.24, 2.45) is 0 Å². The van der Waals surface area contributed by atoms with Crippen LogP contribution in [0.4, 0.5) is 10.5 Å². The Kier molecular flexibility index (Phi) is 3.41. The molecule has 0 aromatic heterocycles. The lowest BCUT2D eigenvalue weighted by atomic mass is 10.2. The number of hydrogen-bond donors (Lipinski definition) is 2. The number of rotatable bonds is 2. The Labute approximate surface area is 94.9 Å². The average molecular weight is 220 g/mol. The maximum atomic E-state index is 11.9. The van der Waals surface area contributed by atoms with Crippen LogP contribution < -0.4 is 5.32 Å². The van der Waals surface area contributed by atoms with E-state index in [0.29, 0.717) is 0 Å². The van der Waals surface area contributed by atoms with Crippen molar-refractivity contribution in [2.45, 2.75) is 18.9 Å². The summed E-state index contributed by atoms with van der Waals surface area (Å²) in [5.74, 6) is 0. The normalized spacial score (nSPS) is 19.8. The van der Waals surface area contributed by atoms with Crippen LogP contribution >= 0.6 is 0 Å². The van der Waals surface area contributed by atoms with Crippen molar-refractivity contribution in [2.75, 3.05) is 18.5 Å². The number of carbonyl (C=O) groups excluding carboxylic acids is 1. The first-order chi connectivity index (χ1) is 7.81. The zero-order valence-electron chi connectivity index (χ0n) is 9.10. The van der Waals surface area contributed by atoms with Gasteiger partial charge in [-0.2, -0.15) is 0 Å². The van der Waals surface area contributed by atoms with E-state index in [1.54, 1.807) is 4.90 Å². The molecule has 1 heterocycles. The molecule has 0 saturated carbocycles. The van der Waals surface area contributed by atoms with Crippen LogP contribution in [-0.2, 0) is 0 Å². The Morgan fingerprint density at radius 2 is 2.19 bits per heavy atom. The van der Waals surface area contributed by atoms with Crippen molar-refractivity contribution >= 4 is 11.7 Å². The number of para-hydroxylation sites is 1. The molecule has 0 radical (unpaired) electrons. The van der Waals surface area contributed by atoms with Crippen LogP contribution in [0.1, 0.15) is 12.8 Å². The number of aliphatic hydroxyl groups is 1. The Morgan fingerprint density at radius 3 is 2.88 bits per heavy atom. The Bertz CT molecular complexity index is 353. The van der Waals surface area contributed by atoms with Gasteiger partial charge in [0, 0.05) is 12.2 Å². The van der Waals surface area contributed by atoms with Crippen molar-refractivity contribution in [1.82, 2.24) is 4.90 Å². The second-order valence-corrected chi connectivity index (χ2v) is 3.97. The third-order valence-electron chi connectivity index (χ3n) is 2.87. The lowest BCUT2D eigenvalue weighted by Crippen LogP contribution is -2.40. The number of urea groups is 1. The van der Waals surface area contributed by atoms with Crippen molar-refractivity contribution < 1.29 is 9.90 Å². The number of anilines is 1. The minimum absolute atomic E-state index is 0.0243. The fourth-order valence-electron chi connectivity index (χ4n) is 2.01. The smallest absolute Gasteiger partial charge is 0.322 e. The van der Waals surface area contributed by atoms with E-state index in [9.17, 15) is 4.79 Å². The van der Waals surface area contributed by atoms with Crippen LogP contribution in [0, 0.1) is 0 Å². The highest BCUT2D eigenvalue weighted by Gasteiger charge is 2.27. The van der Waals surface area contributed by atoms with E-state index in [1.807, 2.05) is 30.3 Å². The lowest BCUT2D eigenvalue weighted by molar-refractivity contribution is 0.166. The van der Waals surface area contributed by atoms with Gasteiger partial charge < -0.3 is 15.3 Å². The van der Waals surface area contributed by atoms with Gasteiger partial charge in [-0.1, -0.05) is 18.2 Å². The van der Waals surface area contributed by atoms with E-state index < -0.39 is 0 Å². The van der Waals surface area contributed by atoms with Gasteiger partial charge in [0.1, 0.15) is 0 Å². The first-order valence-electron chi connectivity index (χ1n) is 5.55. The number of likely N-dealkylation sites (tertiary alicyclic amines) is 1. The van der Waals surface area contributed by atoms with Crippen molar-refractivity contribution in [1.29, 1.82) is 0 Å². The number of carbonyl (C=O) groups is 1. The number of nitrogens with one attached hydrogen (secondary N) is 1. The number of aliphatic hydroxyl groups excluding tert-OH is 1. The SMILES string of the molecule is O=C(Nc1ccccc1)N1CCC[C@H]1CO. The summed E-state index contributed by atoms with van der Waals surface area (Å²) in [5.41, 5.74) is 0.788. The van der Waals surface area contributed by atoms with Crippen LogP contribution in [-0.4, -0.2) is 35.2 Å². The summed E-state index contributed by atoms with van der Waals surface area (Å²) in [6, 6.07) is 9.21. The number of amides is 2. The van der Waals surface area contributed by atoms with E-state index in [1.165, 1.54) is 0 Å². The maximum Gasteiger partial charge on any atom is 0.322 e. The minimum Gasteiger partial charge on any atom is -0.394 e. The highest BCUT2D eigenvalue weighted by Crippen LogP contribution is 2.18. The number of hydrogen-bond acceptors (Lipinski definition) is 2. The zero-order valence-corrected chi connectivity index (χ0v) is 9.10. The molecule has 1 saturated heterocycles. The molecule has 0 aliphatic carbocycles. The van der Waals surface area contributed by atoms with Crippen molar-refractivity contribution in [3.63, 3.8) is 0 Å². The molecule has 0 spiro atoms. The van der Waals surface area contributed by atoms with Gasteiger partial charge in [-0.15, -0.1) is 0 Å². The van der Waals surface area contributed by atoms with E-state index in [2.05, 4.69) is 5.32 Å². The summed E-state index contributed by atoms with van der Waals surface area (Å²) in [5, 5.41) is 12.0. The lowest BCUT2D eigenvalue weighted by Gasteiger charge is -2.23. The standard InChI is InChI=1S/C12H16N2O2/c15-9-11-7-4-8-14(11)12(16)13-10-5-2-1-3-6-10/h1-3,5-6,11,15H,4,7-9H2,(H,13,16)/t11-/m0/s1. The summed E-state index contributed by atoms with van der Waals surface area (Å²) in [7, 11) is 0. The molecule has 86 valence electrons. The molecule has 2 N–H and O–H groups in total. The first kappa shape index (κ1) is 11.0. The summed E-state index contributed by atoms with van der Waals surface area (Å²) < 4.78 is 0. The zero-order chi connectivity index (χ0) is 11.4. The van der Waals surface area contributed by atoms with Gasteiger partial charge in [-0.3, -0.25) is 0 Å². The summed E-state index contributed by atoms with van der Waals surface area (Å²) in [4.78, 5) is 13.6. The van der Waals surface area contributed by atoms with Gasteiger partial charge in [0.15, 0.2) is 0 Å². The topological polar surface area (TPSA) is 52.6 Å². The summed E-state index contributed by atoms with van der Waals surface area (Å²) in [6.07, 6.45) is 1.85. The fourth-order valence-corrected chi connectivity index (χ4v) is 2.01. The van der Waals surface area contributed by atoms with Gasteiger partial charge in [0.25, 0.3) is 0 Å². The monoisotopic (exact) mass is 220 g/mol. The quantitative estimate of drug-likeness (QED) is 0.796. The van der Waals surface area contributed by atoms with Gasteiger partial charge in [0.05, 0.1) is 12.6 Å². The molecule has 1 aliphatic heterocycles. The van der Waals surface area contributed by atoms with Crippen LogP contribution in [0.3, 0.4) is 0 Å². The Hall–Kier alpha value is -1.55. The van der Waals surface area contributed by atoms with E-state index in [0.717, 1.165) is 25.1 Å². The predicted molar refractivity (Wildman–Crippen MR) is 62.3 cm³/mol. The van der Waals surface area contributed by atoms with Crippen LogP contribution in [0.25, 0.3) is 0 Å². The van der Waals surface area contributed by atoms with Gasteiger partial charge in [-0.05, 0) is 25.0 Å². The molecule has 4 heteroatoms. The highest BCUT2D eigenvalue weighted by atomic mass is 16.3. The molecule has 1 aromatic rings. The molecular formula is C12H16N2O2. The van der Waals surface area contributed by atoms with Crippen LogP contribution in [0.15, 0.2) is 30.3 Å². The molecule has 0 unspecified atom stereocenters. The van der Waals surface area contributed by atoms with Crippen LogP contribution in [0.2, 0.25) is 0 Å². The molecule has 1 atom stereocenters. The van der Waals surface area contributed by atoms with Crippen molar-refractivity contribution in [3.05, 3.63) is 30.3 Å². The number of benzene rings is 1. The molecular weight excluding hydrogens is 204 g/mol. The summed E-state index contributed by atoms with van der Waals surface area (Å²) >= 11 is 0. The second-order valence-electron chi connectivity index (χ2n) is 3.97.